The van der Waals surface area contributed by atoms with Crippen LogP contribution in [0.5, 0.6) is 17.2 Å². The Bertz CT molecular complexity index is 970. The van der Waals surface area contributed by atoms with Crippen molar-refractivity contribution in [2.45, 2.75) is 26.2 Å². The van der Waals surface area contributed by atoms with Crippen molar-refractivity contribution in [1.82, 2.24) is 4.98 Å². The van der Waals surface area contributed by atoms with E-state index >= 15 is 0 Å². The summed E-state index contributed by atoms with van der Waals surface area (Å²) in [7, 11) is 3.19. The van der Waals surface area contributed by atoms with Crippen LogP contribution in [0.3, 0.4) is 0 Å². The average Bonchev–Trinajstić information content (AvgIpc) is 3.25. The number of carbonyl (C=O) groups excluding carboxylic acids is 1. The summed E-state index contributed by atoms with van der Waals surface area (Å²) in [4.78, 5) is 16.7. The summed E-state index contributed by atoms with van der Waals surface area (Å²) in [5, 5.41) is 5.33. The summed E-state index contributed by atoms with van der Waals surface area (Å²) < 4.78 is 16.3. The van der Waals surface area contributed by atoms with Gasteiger partial charge in [0.15, 0.2) is 16.6 Å². The zero-order valence-electron chi connectivity index (χ0n) is 17.4. The lowest BCUT2D eigenvalue weighted by atomic mass is 10.1. The minimum absolute atomic E-state index is 0.0758. The second-order valence-corrected chi connectivity index (χ2v) is 7.46. The molecule has 7 heteroatoms. The highest BCUT2D eigenvalue weighted by molar-refractivity contribution is 7.14. The van der Waals surface area contributed by atoms with E-state index < -0.39 is 0 Å². The Balaban J connectivity index is 1.47. The van der Waals surface area contributed by atoms with E-state index in [9.17, 15) is 4.79 Å². The van der Waals surface area contributed by atoms with Crippen LogP contribution < -0.4 is 19.5 Å². The van der Waals surface area contributed by atoms with Crippen molar-refractivity contribution in [3.63, 3.8) is 0 Å². The highest BCUT2D eigenvalue weighted by atomic mass is 32.1. The number of rotatable bonds is 10. The van der Waals surface area contributed by atoms with Crippen LogP contribution in [0.15, 0.2) is 47.8 Å². The normalized spacial score (nSPS) is 10.5. The van der Waals surface area contributed by atoms with Crippen LogP contribution in [-0.4, -0.2) is 31.7 Å². The predicted molar refractivity (Wildman–Crippen MR) is 120 cm³/mol. The number of benzene rings is 2. The number of hydrogen-bond donors (Lipinski definition) is 1. The molecule has 158 valence electrons. The number of thiazole rings is 1. The Morgan fingerprint density at radius 1 is 1.07 bits per heavy atom. The predicted octanol–water partition coefficient (Wildman–Crippen LogP) is 5.19. The van der Waals surface area contributed by atoms with Gasteiger partial charge in [-0.25, -0.2) is 4.98 Å². The van der Waals surface area contributed by atoms with Crippen LogP contribution in [0, 0.1) is 0 Å². The monoisotopic (exact) mass is 426 g/mol. The van der Waals surface area contributed by atoms with E-state index in [-0.39, 0.29) is 5.91 Å². The maximum absolute atomic E-state index is 12.2. The molecule has 0 saturated heterocycles. The molecule has 3 rings (SSSR count). The molecule has 2 aromatic carbocycles. The number of anilines is 1. The highest BCUT2D eigenvalue weighted by Gasteiger charge is 2.11. The summed E-state index contributed by atoms with van der Waals surface area (Å²) in [6.07, 6.45) is 2.01. The van der Waals surface area contributed by atoms with Gasteiger partial charge >= 0.3 is 0 Å². The molecule has 0 aliphatic carbocycles. The van der Waals surface area contributed by atoms with Gasteiger partial charge in [0, 0.05) is 17.4 Å². The fraction of sp³-hybridized carbons (Fsp3) is 0.304. The van der Waals surface area contributed by atoms with E-state index in [4.69, 9.17) is 14.2 Å². The van der Waals surface area contributed by atoms with Crippen LogP contribution in [0.4, 0.5) is 5.13 Å². The lowest BCUT2D eigenvalue weighted by molar-refractivity contribution is -0.116. The van der Waals surface area contributed by atoms with Crippen LogP contribution in [0.2, 0.25) is 0 Å². The molecule has 1 heterocycles. The van der Waals surface area contributed by atoms with Gasteiger partial charge in [-0.2, -0.15) is 0 Å². The molecule has 0 aliphatic heterocycles. The molecule has 6 nitrogen and oxygen atoms in total. The number of hydrogen-bond acceptors (Lipinski definition) is 6. The zero-order chi connectivity index (χ0) is 21.3. The SMILES string of the molecule is CCc1ccc(OCCCC(=O)Nc2nc(-c3ccc(OC)c(OC)c3)cs2)cc1. The van der Waals surface area contributed by atoms with Gasteiger partial charge in [0.2, 0.25) is 5.91 Å². The van der Waals surface area contributed by atoms with Crippen molar-refractivity contribution in [2.24, 2.45) is 0 Å². The maximum atomic E-state index is 12.2. The van der Waals surface area contributed by atoms with E-state index in [0.717, 1.165) is 23.4 Å². The first-order chi connectivity index (χ1) is 14.6. The third-order valence-electron chi connectivity index (χ3n) is 4.58. The zero-order valence-corrected chi connectivity index (χ0v) is 18.3. The number of aryl methyl sites for hydroxylation is 1. The van der Waals surface area contributed by atoms with Crippen LogP contribution in [0.1, 0.15) is 25.3 Å². The second kappa shape index (κ2) is 10.6. The van der Waals surface area contributed by atoms with Gasteiger partial charge in [-0.1, -0.05) is 19.1 Å². The third-order valence-corrected chi connectivity index (χ3v) is 5.34. The van der Waals surface area contributed by atoms with E-state index in [1.165, 1.54) is 16.9 Å². The van der Waals surface area contributed by atoms with Gasteiger partial charge in [0.05, 0.1) is 26.5 Å². The van der Waals surface area contributed by atoms with Crippen LogP contribution >= 0.6 is 11.3 Å². The number of amides is 1. The Hall–Kier alpha value is -3.06. The van der Waals surface area contributed by atoms with Gasteiger partial charge in [-0.05, 0) is 48.7 Å². The number of nitrogens with one attached hydrogen (secondary N) is 1. The minimum atomic E-state index is -0.0758. The lowest BCUT2D eigenvalue weighted by Crippen LogP contribution is -2.12. The maximum Gasteiger partial charge on any atom is 0.226 e. The van der Waals surface area contributed by atoms with E-state index in [1.807, 2.05) is 35.7 Å². The summed E-state index contributed by atoms with van der Waals surface area (Å²) in [6, 6.07) is 13.6. The summed E-state index contributed by atoms with van der Waals surface area (Å²) >= 11 is 1.39. The Labute approximate surface area is 180 Å². The molecule has 1 N–H and O–H groups in total. The molecule has 0 fully saturated rings. The number of ether oxygens (including phenoxy) is 3. The molecule has 1 aromatic heterocycles. The van der Waals surface area contributed by atoms with Gasteiger partial charge < -0.3 is 19.5 Å². The van der Waals surface area contributed by atoms with Crippen molar-refractivity contribution in [2.75, 3.05) is 26.1 Å². The molecule has 0 unspecified atom stereocenters. The number of methoxy groups -OCH3 is 2. The van der Waals surface area contributed by atoms with Crippen molar-refractivity contribution in [3.05, 3.63) is 53.4 Å². The first-order valence-corrected chi connectivity index (χ1v) is 10.7. The highest BCUT2D eigenvalue weighted by Crippen LogP contribution is 2.33. The first kappa shape index (κ1) is 21.6. The molecular formula is C23H26N2O4S. The second-order valence-electron chi connectivity index (χ2n) is 6.61. The number of aromatic nitrogens is 1. The number of nitrogens with zero attached hydrogens (tertiary/aromatic N) is 1. The van der Waals surface area contributed by atoms with Crippen molar-refractivity contribution < 1.29 is 19.0 Å². The minimum Gasteiger partial charge on any atom is -0.494 e. The first-order valence-electron chi connectivity index (χ1n) is 9.82. The standard InChI is InChI=1S/C23H26N2O4S/c1-4-16-7-10-18(11-8-16)29-13-5-6-22(26)25-23-24-19(15-30-23)17-9-12-20(27-2)21(14-17)28-3/h7-12,14-15H,4-6,13H2,1-3H3,(H,24,25,26). The Morgan fingerprint density at radius 2 is 1.83 bits per heavy atom. The largest absolute Gasteiger partial charge is 0.494 e. The fourth-order valence-electron chi connectivity index (χ4n) is 2.89. The Morgan fingerprint density at radius 3 is 2.53 bits per heavy atom. The van der Waals surface area contributed by atoms with E-state index in [0.29, 0.717) is 36.1 Å². The summed E-state index contributed by atoms with van der Waals surface area (Å²) in [5.41, 5.74) is 2.94. The van der Waals surface area contributed by atoms with Gasteiger partial charge in [0.25, 0.3) is 0 Å². The molecule has 0 atom stereocenters. The van der Waals surface area contributed by atoms with Gasteiger partial charge in [0.1, 0.15) is 5.75 Å². The van der Waals surface area contributed by atoms with Crippen molar-refractivity contribution >= 4 is 22.4 Å². The fourth-order valence-corrected chi connectivity index (χ4v) is 3.62. The quantitative estimate of drug-likeness (QED) is 0.452. The summed E-state index contributed by atoms with van der Waals surface area (Å²) in [5.74, 6) is 2.05. The molecule has 0 aliphatic rings. The smallest absolute Gasteiger partial charge is 0.226 e. The molecule has 0 radical (unpaired) electrons. The third kappa shape index (κ3) is 5.73. The molecule has 30 heavy (non-hydrogen) atoms. The molecular weight excluding hydrogens is 400 g/mol. The lowest BCUT2D eigenvalue weighted by Gasteiger charge is -2.08. The molecule has 0 saturated carbocycles. The van der Waals surface area contributed by atoms with Crippen LogP contribution in [-0.2, 0) is 11.2 Å². The molecule has 3 aromatic rings. The Kier molecular flexibility index (Phi) is 7.68. The van der Waals surface area contributed by atoms with Crippen molar-refractivity contribution in [1.29, 1.82) is 0 Å². The van der Waals surface area contributed by atoms with E-state index in [2.05, 4.69) is 29.4 Å². The molecule has 1 amide bonds. The topological polar surface area (TPSA) is 69.7 Å². The molecule has 0 spiro atoms. The number of carbonyl (C=O) groups is 1. The summed E-state index contributed by atoms with van der Waals surface area (Å²) in [6.45, 7) is 2.61. The van der Waals surface area contributed by atoms with Crippen molar-refractivity contribution in [3.8, 4) is 28.5 Å². The van der Waals surface area contributed by atoms with Crippen LogP contribution in [0.25, 0.3) is 11.3 Å². The van der Waals surface area contributed by atoms with Gasteiger partial charge in [-0.3, -0.25) is 4.79 Å². The van der Waals surface area contributed by atoms with Gasteiger partial charge in [-0.15, -0.1) is 11.3 Å². The van der Waals surface area contributed by atoms with E-state index in [1.54, 1.807) is 14.2 Å². The molecule has 0 bridgehead atoms. The average molecular weight is 427 g/mol.